The molecule has 0 aliphatic carbocycles. The lowest BCUT2D eigenvalue weighted by molar-refractivity contribution is -0.153. The number of esters is 1. The third-order valence-electron chi connectivity index (χ3n) is 1.89. The SMILES string of the molecule is CCC(=O)OC1COCC1(C)F. The van der Waals surface area contributed by atoms with Gasteiger partial charge in [-0.15, -0.1) is 0 Å². The van der Waals surface area contributed by atoms with Crippen LogP contribution in [0.25, 0.3) is 0 Å². The Morgan fingerprint density at radius 3 is 2.92 bits per heavy atom. The van der Waals surface area contributed by atoms with Gasteiger partial charge in [0, 0.05) is 6.42 Å². The molecule has 0 bridgehead atoms. The Kier molecular flexibility index (Phi) is 2.67. The summed E-state index contributed by atoms with van der Waals surface area (Å²) in [5.41, 5.74) is -1.52. The molecule has 1 heterocycles. The predicted molar refractivity (Wildman–Crippen MR) is 40.5 cm³/mol. The monoisotopic (exact) mass is 176 g/mol. The Bertz CT molecular complexity index is 179. The van der Waals surface area contributed by atoms with Crippen LogP contribution in [0.2, 0.25) is 0 Å². The summed E-state index contributed by atoms with van der Waals surface area (Å²) in [4.78, 5) is 10.8. The van der Waals surface area contributed by atoms with E-state index in [9.17, 15) is 9.18 Å². The van der Waals surface area contributed by atoms with Crippen molar-refractivity contribution in [3.05, 3.63) is 0 Å². The normalized spacial score (nSPS) is 35.1. The fourth-order valence-electron chi connectivity index (χ4n) is 1.03. The molecule has 70 valence electrons. The largest absolute Gasteiger partial charge is 0.456 e. The van der Waals surface area contributed by atoms with Crippen LogP contribution in [0.5, 0.6) is 0 Å². The van der Waals surface area contributed by atoms with E-state index in [0.29, 0.717) is 0 Å². The van der Waals surface area contributed by atoms with Crippen molar-refractivity contribution in [2.45, 2.75) is 32.0 Å². The second-order valence-corrected chi connectivity index (χ2v) is 3.13. The minimum atomic E-state index is -1.52. The van der Waals surface area contributed by atoms with Crippen LogP contribution in [0, 0.1) is 0 Å². The summed E-state index contributed by atoms with van der Waals surface area (Å²) in [6.45, 7) is 3.23. The standard InChI is InChI=1S/C8H13FO3/c1-3-7(10)12-6-4-11-5-8(6,2)9/h6H,3-5H2,1-2H3. The van der Waals surface area contributed by atoms with Gasteiger partial charge in [-0.2, -0.15) is 0 Å². The lowest BCUT2D eigenvalue weighted by Crippen LogP contribution is -2.36. The molecule has 0 N–H and O–H groups in total. The third-order valence-corrected chi connectivity index (χ3v) is 1.89. The first-order valence-corrected chi connectivity index (χ1v) is 4.02. The Morgan fingerprint density at radius 2 is 2.50 bits per heavy atom. The first-order chi connectivity index (χ1) is 5.56. The van der Waals surface area contributed by atoms with Crippen LogP contribution >= 0.6 is 0 Å². The Morgan fingerprint density at radius 1 is 1.83 bits per heavy atom. The van der Waals surface area contributed by atoms with Crippen molar-refractivity contribution in [2.75, 3.05) is 13.2 Å². The van der Waals surface area contributed by atoms with Gasteiger partial charge in [0.2, 0.25) is 0 Å². The molecule has 1 saturated heterocycles. The number of ether oxygens (including phenoxy) is 2. The first kappa shape index (κ1) is 9.45. The zero-order valence-electron chi connectivity index (χ0n) is 7.30. The number of hydrogen-bond acceptors (Lipinski definition) is 3. The van der Waals surface area contributed by atoms with Gasteiger partial charge >= 0.3 is 5.97 Å². The lowest BCUT2D eigenvalue weighted by atomic mass is 10.1. The van der Waals surface area contributed by atoms with Crippen molar-refractivity contribution in [3.63, 3.8) is 0 Å². The molecule has 0 aromatic heterocycles. The summed E-state index contributed by atoms with van der Waals surface area (Å²) >= 11 is 0. The van der Waals surface area contributed by atoms with E-state index in [-0.39, 0.29) is 25.6 Å². The first-order valence-electron chi connectivity index (χ1n) is 4.02. The number of carbonyl (C=O) groups excluding carboxylic acids is 1. The van der Waals surface area contributed by atoms with E-state index in [2.05, 4.69) is 0 Å². The molecule has 4 heteroatoms. The van der Waals surface area contributed by atoms with Crippen molar-refractivity contribution >= 4 is 5.97 Å². The predicted octanol–water partition coefficient (Wildman–Crippen LogP) is 1.07. The highest BCUT2D eigenvalue weighted by atomic mass is 19.1. The molecule has 0 saturated carbocycles. The van der Waals surface area contributed by atoms with E-state index in [1.807, 2.05) is 0 Å². The molecule has 12 heavy (non-hydrogen) atoms. The van der Waals surface area contributed by atoms with Gasteiger partial charge in [0.05, 0.1) is 13.2 Å². The van der Waals surface area contributed by atoms with E-state index in [1.54, 1.807) is 6.92 Å². The molecule has 0 aromatic rings. The van der Waals surface area contributed by atoms with Crippen molar-refractivity contribution < 1.29 is 18.7 Å². The van der Waals surface area contributed by atoms with Crippen molar-refractivity contribution in [1.82, 2.24) is 0 Å². The average molecular weight is 176 g/mol. The highest BCUT2D eigenvalue weighted by Gasteiger charge is 2.42. The molecule has 2 unspecified atom stereocenters. The summed E-state index contributed by atoms with van der Waals surface area (Å²) in [6, 6.07) is 0. The second kappa shape index (κ2) is 3.39. The topological polar surface area (TPSA) is 35.5 Å². The zero-order valence-corrected chi connectivity index (χ0v) is 7.30. The molecule has 2 atom stereocenters. The molecule has 3 nitrogen and oxygen atoms in total. The maximum absolute atomic E-state index is 13.4. The molecule has 1 aliphatic heterocycles. The molecule has 0 radical (unpaired) electrons. The number of carbonyl (C=O) groups is 1. The smallest absolute Gasteiger partial charge is 0.305 e. The van der Waals surface area contributed by atoms with Crippen LogP contribution in [0.1, 0.15) is 20.3 Å². The van der Waals surface area contributed by atoms with E-state index in [4.69, 9.17) is 9.47 Å². The van der Waals surface area contributed by atoms with E-state index in [1.165, 1.54) is 6.92 Å². The van der Waals surface area contributed by atoms with E-state index >= 15 is 0 Å². The van der Waals surface area contributed by atoms with Crippen LogP contribution in [0.3, 0.4) is 0 Å². The fourth-order valence-corrected chi connectivity index (χ4v) is 1.03. The van der Waals surface area contributed by atoms with Crippen molar-refractivity contribution in [2.24, 2.45) is 0 Å². The van der Waals surface area contributed by atoms with Gasteiger partial charge in [-0.1, -0.05) is 6.92 Å². The number of rotatable bonds is 2. The Labute approximate surface area is 70.8 Å². The molecular weight excluding hydrogens is 163 g/mol. The minimum absolute atomic E-state index is 0.00859. The zero-order chi connectivity index (χ0) is 9.19. The third kappa shape index (κ3) is 1.94. The number of hydrogen-bond donors (Lipinski definition) is 0. The quantitative estimate of drug-likeness (QED) is 0.590. The van der Waals surface area contributed by atoms with Crippen LogP contribution in [-0.2, 0) is 14.3 Å². The van der Waals surface area contributed by atoms with Crippen LogP contribution in [-0.4, -0.2) is 31.0 Å². The highest BCUT2D eigenvalue weighted by Crippen LogP contribution is 2.25. The van der Waals surface area contributed by atoms with Crippen LogP contribution in [0.15, 0.2) is 0 Å². The summed E-state index contributed by atoms with van der Waals surface area (Å²) in [6.07, 6.45) is -0.461. The van der Waals surface area contributed by atoms with Gasteiger partial charge in [0.25, 0.3) is 0 Å². The van der Waals surface area contributed by atoms with Gasteiger partial charge in [0.15, 0.2) is 11.8 Å². The molecule has 0 amide bonds. The van der Waals surface area contributed by atoms with Gasteiger partial charge in [0.1, 0.15) is 0 Å². The number of halogens is 1. The Balaban J connectivity index is 2.47. The maximum Gasteiger partial charge on any atom is 0.305 e. The summed E-state index contributed by atoms with van der Waals surface area (Å²) in [5, 5.41) is 0. The molecule has 1 rings (SSSR count). The Hall–Kier alpha value is -0.640. The van der Waals surface area contributed by atoms with E-state index < -0.39 is 11.8 Å². The van der Waals surface area contributed by atoms with Crippen molar-refractivity contribution in [1.29, 1.82) is 0 Å². The van der Waals surface area contributed by atoms with Gasteiger partial charge in [-0.05, 0) is 6.92 Å². The fraction of sp³-hybridized carbons (Fsp3) is 0.875. The molecular formula is C8H13FO3. The van der Waals surface area contributed by atoms with Gasteiger partial charge in [-0.25, -0.2) is 4.39 Å². The molecule has 1 aliphatic rings. The van der Waals surface area contributed by atoms with Crippen molar-refractivity contribution in [3.8, 4) is 0 Å². The van der Waals surface area contributed by atoms with Crippen LogP contribution in [0.4, 0.5) is 4.39 Å². The minimum Gasteiger partial charge on any atom is -0.456 e. The maximum atomic E-state index is 13.4. The summed E-state index contributed by atoms with van der Waals surface area (Å²) < 4.78 is 23.1. The van der Waals surface area contributed by atoms with Gasteiger partial charge in [-0.3, -0.25) is 4.79 Å². The molecule has 1 fully saturated rings. The average Bonchev–Trinajstić information content (AvgIpc) is 2.31. The molecule has 0 aromatic carbocycles. The molecule has 0 spiro atoms. The van der Waals surface area contributed by atoms with Gasteiger partial charge < -0.3 is 9.47 Å². The van der Waals surface area contributed by atoms with E-state index in [0.717, 1.165) is 0 Å². The number of alkyl halides is 1. The highest BCUT2D eigenvalue weighted by molar-refractivity contribution is 5.69. The summed E-state index contributed by atoms with van der Waals surface area (Å²) in [7, 11) is 0. The second-order valence-electron chi connectivity index (χ2n) is 3.13. The lowest BCUT2D eigenvalue weighted by Gasteiger charge is -2.20. The summed E-state index contributed by atoms with van der Waals surface area (Å²) in [5.74, 6) is -0.380. The van der Waals surface area contributed by atoms with Crippen LogP contribution < -0.4 is 0 Å².